The van der Waals surface area contributed by atoms with Gasteiger partial charge in [0.1, 0.15) is 5.01 Å². The maximum absolute atomic E-state index is 6.09. The van der Waals surface area contributed by atoms with Crippen LogP contribution in [-0.2, 0) is 0 Å². The number of anilines is 1. The number of hydrogen-bond donors (Lipinski definition) is 1. The maximum Gasteiger partial charge on any atom is 0.116 e. The summed E-state index contributed by atoms with van der Waals surface area (Å²) in [6.45, 7) is 4.27. The van der Waals surface area contributed by atoms with E-state index in [0.29, 0.717) is 16.6 Å². The first kappa shape index (κ1) is 13.1. The lowest BCUT2D eigenvalue weighted by Crippen LogP contribution is -1.86. The molecule has 1 heterocycles. The van der Waals surface area contributed by atoms with Crippen molar-refractivity contribution in [2.75, 3.05) is 5.73 Å². The number of benzene rings is 1. The van der Waals surface area contributed by atoms with E-state index >= 15 is 0 Å². The molecule has 0 aliphatic heterocycles. The third-order valence-electron chi connectivity index (χ3n) is 2.56. The Kier molecular flexibility index (Phi) is 4.04. The third kappa shape index (κ3) is 3.12. The fourth-order valence-electron chi connectivity index (χ4n) is 1.49. The minimum atomic E-state index is 0.458. The number of nitrogens with zero attached hydrogens (tertiary/aromatic N) is 1. The van der Waals surface area contributed by atoms with Crippen molar-refractivity contribution in [3.8, 4) is 0 Å². The third-order valence-corrected chi connectivity index (χ3v) is 3.73. The first-order valence-electron chi connectivity index (χ1n) is 5.75. The summed E-state index contributed by atoms with van der Waals surface area (Å²) in [6, 6.07) is 5.45. The molecule has 2 rings (SSSR count). The predicted octanol–water partition coefficient (Wildman–Crippen LogP) is 4.67. The summed E-state index contributed by atoms with van der Waals surface area (Å²) < 4.78 is 0. The van der Waals surface area contributed by atoms with E-state index in [-0.39, 0.29) is 0 Å². The van der Waals surface area contributed by atoms with Crippen LogP contribution in [0.25, 0.3) is 12.2 Å². The smallest absolute Gasteiger partial charge is 0.116 e. The lowest BCUT2D eigenvalue weighted by atomic mass is 10.2. The first-order valence-corrected chi connectivity index (χ1v) is 7.00. The SMILES string of the molecule is CC(C)c1csc(C=Cc2cc(N)ccc2Cl)n1. The Bertz CT molecular complexity index is 573. The molecule has 1 aromatic heterocycles. The minimum absolute atomic E-state index is 0.458. The molecule has 0 atom stereocenters. The Morgan fingerprint density at radius 1 is 1.33 bits per heavy atom. The monoisotopic (exact) mass is 278 g/mol. The zero-order chi connectivity index (χ0) is 13.1. The van der Waals surface area contributed by atoms with Gasteiger partial charge in [0, 0.05) is 16.1 Å². The van der Waals surface area contributed by atoms with Crippen LogP contribution in [0.3, 0.4) is 0 Å². The lowest BCUT2D eigenvalue weighted by Gasteiger charge is -1.99. The predicted molar refractivity (Wildman–Crippen MR) is 81.0 cm³/mol. The molecule has 2 N–H and O–H groups in total. The van der Waals surface area contributed by atoms with Gasteiger partial charge in [0.25, 0.3) is 0 Å². The molecule has 2 nitrogen and oxygen atoms in total. The van der Waals surface area contributed by atoms with Crippen molar-refractivity contribution < 1.29 is 0 Å². The van der Waals surface area contributed by atoms with E-state index in [2.05, 4.69) is 24.2 Å². The zero-order valence-electron chi connectivity index (χ0n) is 10.4. The van der Waals surface area contributed by atoms with Crippen LogP contribution in [-0.4, -0.2) is 4.98 Å². The van der Waals surface area contributed by atoms with Gasteiger partial charge >= 0.3 is 0 Å². The van der Waals surface area contributed by atoms with E-state index in [0.717, 1.165) is 16.3 Å². The van der Waals surface area contributed by atoms with Gasteiger partial charge in [-0.3, -0.25) is 0 Å². The molecule has 94 valence electrons. The van der Waals surface area contributed by atoms with Crippen molar-refractivity contribution in [3.05, 3.63) is 44.9 Å². The first-order chi connectivity index (χ1) is 8.56. The van der Waals surface area contributed by atoms with Gasteiger partial charge in [-0.25, -0.2) is 4.98 Å². The van der Waals surface area contributed by atoms with Crippen LogP contribution in [0.1, 0.15) is 36.0 Å². The average Bonchev–Trinajstić information content (AvgIpc) is 2.79. The van der Waals surface area contributed by atoms with E-state index in [4.69, 9.17) is 17.3 Å². The molecule has 1 aromatic carbocycles. The van der Waals surface area contributed by atoms with Gasteiger partial charge < -0.3 is 5.73 Å². The molecule has 0 aliphatic carbocycles. The van der Waals surface area contributed by atoms with Gasteiger partial charge in [-0.2, -0.15) is 0 Å². The molecule has 0 radical (unpaired) electrons. The molecule has 0 fully saturated rings. The topological polar surface area (TPSA) is 38.9 Å². The van der Waals surface area contributed by atoms with Crippen molar-refractivity contribution in [1.82, 2.24) is 4.98 Å². The van der Waals surface area contributed by atoms with Crippen molar-refractivity contribution in [2.45, 2.75) is 19.8 Å². The molecule has 0 saturated carbocycles. The van der Waals surface area contributed by atoms with E-state index in [1.54, 1.807) is 23.5 Å². The molecule has 0 unspecified atom stereocenters. The summed E-state index contributed by atoms with van der Waals surface area (Å²) >= 11 is 7.73. The summed E-state index contributed by atoms with van der Waals surface area (Å²) in [5.74, 6) is 0.458. The van der Waals surface area contributed by atoms with Crippen LogP contribution in [0.2, 0.25) is 5.02 Å². The number of nitrogens with two attached hydrogens (primary N) is 1. The van der Waals surface area contributed by atoms with Crippen molar-refractivity contribution in [2.24, 2.45) is 0 Å². The highest BCUT2D eigenvalue weighted by molar-refractivity contribution is 7.10. The van der Waals surface area contributed by atoms with Gasteiger partial charge in [0.05, 0.1) is 5.69 Å². The van der Waals surface area contributed by atoms with Crippen molar-refractivity contribution in [3.63, 3.8) is 0 Å². The summed E-state index contributed by atoms with van der Waals surface area (Å²) in [5, 5.41) is 3.77. The molecular formula is C14H15ClN2S. The Morgan fingerprint density at radius 2 is 2.11 bits per heavy atom. The van der Waals surface area contributed by atoms with Crippen LogP contribution in [0, 0.1) is 0 Å². The van der Waals surface area contributed by atoms with Gasteiger partial charge in [-0.05, 0) is 35.8 Å². The molecular weight excluding hydrogens is 264 g/mol. The normalized spacial score (nSPS) is 11.6. The molecule has 0 saturated heterocycles. The summed E-state index contributed by atoms with van der Waals surface area (Å²) in [5.41, 5.74) is 8.48. The fourth-order valence-corrected chi connectivity index (χ4v) is 2.55. The fraction of sp³-hybridized carbons (Fsp3) is 0.214. The summed E-state index contributed by atoms with van der Waals surface area (Å²) in [6.07, 6.45) is 3.92. The average molecular weight is 279 g/mol. The molecule has 2 aromatic rings. The van der Waals surface area contributed by atoms with Gasteiger partial charge in [0.2, 0.25) is 0 Å². The van der Waals surface area contributed by atoms with E-state index in [1.807, 2.05) is 18.2 Å². The summed E-state index contributed by atoms with van der Waals surface area (Å²) in [7, 11) is 0. The molecule has 0 aliphatic rings. The Morgan fingerprint density at radius 3 is 2.78 bits per heavy atom. The molecule has 0 amide bonds. The second kappa shape index (κ2) is 5.55. The highest BCUT2D eigenvalue weighted by atomic mass is 35.5. The van der Waals surface area contributed by atoms with Gasteiger partial charge in [0.15, 0.2) is 0 Å². The molecule has 18 heavy (non-hydrogen) atoms. The van der Waals surface area contributed by atoms with Gasteiger partial charge in [-0.15, -0.1) is 11.3 Å². The quantitative estimate of drug-likeness (QED) is 0.829. The lowest BCUT2D eigenvalue weighted by molar-refractivity contribution is 0.832. The van der Waals surface area contributed by atoms with Crippen LogP contribution in [0.5, 0.6) is 0 Å². The van der Waals surface area contributed by atoms with E-state index in [9.17, 15) is 0 Å². The highest BCUT2D eigenvalue weighted by Gasteiger charge is 2.03. The molecule has 4 heteroatoms. The van der Waals surface area contributed by atoms with Crippen LogP contribution in [0.4, 0.5) is 5.69 Å². The van der Waals surface area contributed by atoms with Crippen LogP contribution >= 0.6 is 22.9 Å². The van der Waals surface area contributed by atoms with Crippen molar-refractivity contribution >= 4 is 40.8 Å². The van der Waals surface area contributed by atoms with Crippen LogP contribution < -0.4 is 5.73 Å². The maximum atomic E-state index is 6.09. The number of aromatic nitrogens is 1. The minimum Gasteiger partial charge on any atom is -0.399 e. The largest absolute Gasteiger partial charge is 0.399 e. The number of nitrogen functional groups attached to an aromatic ring is 1. The Hall–Kier alpha value is -1.32. The molecule has 0 bridgehead atoms. The number of thiazole rings is 1. The number of rotatable bonds is 3. The van der Waals surface area contributed by atoms with Crippen molar-refractivity contribution in [1.29, 1.82) is 0 Å². The Balaban J connectivity index is 2.21. The number of hydrogen-bond acceptors (Lipinski definition) is 3. The highest BCUT2D eigenvalue weighted by Crippen LogP contribution is 2.23. The Labute approximate surface area is 116 Å². The zero-order valence-corrected chi connectivity index (χ0v) is 11.9. The number of halogens is 1. The molecule has 0 spiro atoms. The standard InChI is InChI=1S/C14H15ClN2S/c1-9(2)13-8-18-14(17-13)6-3-10-7-11(16)4-5-12(10)15/h3-9H,16H2,1-2H3. The van der Waals surface area contributed by atoms with E-state index in [1.165, 1.54) is 0 Å². The summed E-state index contributed by atoms with van der Waals surface area (Å²) in [4.78, 5) is 4.53. The van der Waals surface area contributed by atoms with E-state index < -0.39 is 0 Å². The van der Waals surface area contributed by atoms with Crippen LogP contribution in [0.15, 0.2) is 23.6 Å². The second-order valence-corrected chi connectivity index (χ2v) is 5.68. The van der Waals surface area contributed by atoms with Gasteiger partial charge in [-0.1, -0.05) is 31.5 Å². The second-order valence-electron chi connectivity index (χ2n) is 4.38.